The Morgan fingerprint density at radius 1 is 1.25 bits per heavy atom. The summed E-state index contributed by atoms with van der Waals surface area (Å²) in [5.74, 6) is 3.16. The Bertz CT molecular complexity index is 588. The first kappa shape index (κ1) is 25.2. The lowest BCUT2D eigenvalue weighted by Crippen LogP contribution is -2.48. The first-order valence-electron chi connectivity index (χ1n) is 10.4. The van der Waals surface area contributed by atoms with Crippen molar-refractivity contribution in [1.82, 2.24) is 20.5 Å². The van der Waals surface area contributed by atoms with Crippen LogP contribution in [0.2, 0.25) is 0 Å². The van der Waals surface area contributed by atoms with E-state index < -0.39 is 0 Å². The van der Waals surface area contributed by atoms with Gasteiger partial charge in [0, 0.05) is 24.5 Å². The van der Waals surface area contributed by atoms with Gasteiger partial charge in [-0.3, -0.25) is 0 Å². The molecule has 1 aromatic heterocycles. The maximum absolute atomic E-state index is 5.85. The fraction of sp³-hybridized carbons (Fsp3) is 0.810. The molecular weight excluding hydrogens is 465 g/mol. The first-order chi connectivity index (χ1) is 12.8. The molecule has 1 saturated carbocycles. The summed E-state index contributed by atoms with van der Waals surface area (Å²) >= 11 is 0. The van der Waals surface area contributed by atoms with E-state index in [2.05, 4.69) is 67.3 Å². The number of oxazole rings is 1. The van der Waals surface area contributed by atoms with Crippen LogP contribution >= 0.6 is 24.0 Å². The molecule has 1 heterocycles. The number of nitrogens with one attached hydrogen (secondary N) is 2. The second-order valence-electron chi connectivity index (χ2n) is 8.87. The molecule has 1 aromatic rings. The Labute approximate surface area is 188 Å². The molecule has 2 rings (SSSR count). The monoisotopic (exact) mass is 505 g/mol. The van der Waals surface area contributed by atoms with E-state index in [0.29, 0.717) is 18.5 Å². The summed E-state index contributed by atoms with van der Waals surface area (Å²) in [5, 5.41) is 6.87. The number of hydrogen-bond acceptors (Lipinski definition) is 4. The number of halogens is 1. The van der Waals surface area contributed by atoms with Crippen LogP contribution in [0.1, 0.15) is 71.5 Å². The van der Waals surface area contributed by atoms with Crippen molar-refractivity contribution in [3.05, 3.63) is 17.8 Å². The predicted molar refractivity (Wildman–Crippen MR) is 127 cm³/mol. The minimum atomic E-state index is -0.0311. The zero-order chi connectivity index (χ0) is 19.9. The van der Waals surface area contributed by atoms with E-state index in [1.54, 1.807) is 0 Å². The minimum Gasteiger partial charge on any atom is -0.443 e. The number of hydrogen-bond donors (Lipinski definition) is 2. The molecule has 0 amide bonds. The van der Waals surface area contributed by atoms with Crippen molar-refractivity contribution in [2.75, 3.05) is 27.2 Å². The van der Waals surface area contributed by atoms with Gasteiger partial charge in [-0.2, -0.15) is 0 Å². The Morgan fingerprint density at radius 3 is 2.46 bits per heavy atom. The maximum atomic E-state index is 5.85. The van der Waals surface area contributed by atoms with Crippen molar-refractivity contribution in [3.8, 4) is 0 Å². The van der Waals surface area contributed by atoms with Crippen LogP contribution in [0.3, 0.4) is 0 Å². The minimum absolute atomic E-state index is 0. The Balaban J connectivity index is 0.00000392. The fourth-order valence-corrected chi connectivity index (χ4v) is 3.71. The van der Waals surface area contributed by atoms with E-state index in [-0.39, 0.29) is 29.4 Å². The van der Waals surface area contributed by atoms with E-state index in [0.717, 1.165) is 30.7 Å². The lowest BCUT2D eigenvalue weighted by molar-refractivity contribution is 0.171. The van der Waals surface area contributed by atoms with E-state index in [1.807, 2.05) is 6.20 Å². The molecule has 0 radical (unpaired) electrons. The Morgan fingerprint density at radius 2 is 1.93 bits per heavy atom. The highest BCUT2D eigenvalue weighted by Gasteiger charge is 2.25. The van der Waals surface area contributed by atoms with Crippen molar-refractivity contribution >= 4 is 29.9 Å². The molecule has 28 heavy (non-hydrogen) atoms. The molecule has 1 aliphatic rings. The van der Waals surface area contributed by atoms with Crippen molar-refractivity contribution in [2.45, 2.75) is 77.8 Å². The average molecular weight is 505 g/mol. The summed E-state index contributed by atoms with van der Waals surface area (Å²) in [6.07, 6.45) is 8.61. The second kappa shape index (κ2) is 12.0. The van der Waals surface area contributed by atoms with Crippen LogP contribution in [0.4, 0.5) is 0 Å². The number of nitrogens with zero attached hydrogens (tertiary/aromatic N) is 3. The summed E-state index contributed by atoms with van der Waals surface area (Å²) < 4.78 is 5.85. The summed E-state index contributed by atoms with van der Waals surface area (Å²) in [5.41, 5.74) is -0.0311. The van der Waals surface area contributed by atoms with Crippen LogP contribution in [0.15, 0.2) is 15.6 Å². The molecule has 0 aromatic carbocycles. The van der Waals surface area contributed by atoms with Gasteiger partial charge < -0.3 is 20.0 Å². The maximum Gasteiger partial charge on any atom is 0.216 e. The van der Waals surface area contributed by atoms with Gasteiger partial charge >= 0.3 is 0 Å². The molecule has 1 aliphatic carbocycles. The topological polar surface area (TPSA) is 65.7 Å². The zero-order valence-electron chi connectivity index (χ0n) is 18.5. The molecule has 0 saturated heterocycles. The van der Waals surface area contributed by atoms with Gasteiger partial charge in [0.05, 0.1) is 6.20 Å². The van der Waals surface area contributed by atoms with E-state index in [1.165, 1.54) is 32.1 Å². The predicted octanol–water partition coefficient (Wildman–Crippen LogP) is 4.16. The summed E-state index contributed by atoms with van der Waals surface area (Å²) in [7, 11) is 4.37. The molecule has 1 fully saturated rings. The first-order valence-corrected chi connectivity index (χ1v) is 10.4. The third kappa shape index (κ3) is 7.89. The molecular formula is C21H40IN5O. The quantitative estimate of drug-likeness (QED) is 0.331. The van der Waals surface area contributed by atoms with Crippen LogP contribution in [0.25, 0.3) is 0 Å². The van der Waals surface area contributed by atoms with E-state index in [9.17, 15) is 0 Å². The number of rotatable bonds is 7. The highest BCUT2D eigenvalue weighted by molar-refractivity contribution is 14.0. The second-order valence-corrected chi connectivity index (χ2v) is 8.87. The van der Waals surface area contributed by atoms with Crippen LogP contribution in [0.5, 0.6) is 0 Å². The van der Waals surface area contributed by atoms with Crippen molar-refractivity contribution in [2.24, 2.45) is 10.9 Å². The molecule has 0 aliphatic heterocycles. The fourth-order valence-electron chi connectivity index (χ4n) is 3.71. The molecule has 2 N–H and O–H groups in total. The summed E-state index contributed by atoms with van der Waals surface area (Å²) in [6.45, 7) is 10.6. The van der Waals surface area contributed by atoms with Gasteiger partial charge in [0.25, 0.3) is 0 Å². The van der Waals surface area contributed by atoms with Gasteiger partial charge in [-0.15, -0.1) is 24.0 Å². The van der Waals surface area contributed by atoms with Gasteiger partial charge in [0.15, 0.2) is 5.96 Å². The highest BCUT2D eigenvalue weighted by atomic mass is 127. The third-order valence-corrected chi connectivity index (χ3v) is 5.35. The normalized spacial score (nSPS) is 17.3. The van der Waals surface area contributed by atoms with E-state index >= 15 is 0 Å². The van der Waals surface area contributed by atoms with Gasteiger partial charge in [0.1, 0.15) is 12.3 Å². The Hall–Kier alpha value is -0.830. The van der Waals surface area contributed by atoms with Crippen molar-refractivity contribution in [3.63, 3.8) is 0 Å². The molecule has 7 heteroatoms. The lowest BCUT2D eigenvalue weighted by Gasteiger charge is -2.35. The summed E-state index contributed by atoms with van der Waals surface area (Å²) in [6, 6.07) is 0.531. The van der Waals surface area contributed by atoms with Gasteiger partial charge in [-0.1, -0.05) is 40.0 Å². The van der Waals surface area contributed by atoms with Gasteiger partial charge in [-0.05, 0) is 39.8 Å². The van der Waals surface area contributed by atoms with E-state index in [4.69, 9.17) is 4.42 Å². The smallest absolute Gasteiger partial charge is 0.216 e. The molecule has 1 unspecified atom stereocenters. The van der Waals surface area contributed by atoms with Crippen molar-refractivity contribution in [1.29, 1.82) is 0 Å². The standard InChI is InChI=1S/C21H39N5O.HI/c1-7-22-20(25-15-19-23-14-18(27-19)21(2,3)4)24-13-17(26(5)6)16-11-9-8-10-12-16;/h14,16-17H,7-13,15H2,1-6H3,(H2,22,24,25);1H. The molecule has 0 spiro atoms. The van der Waals surface area contributed by atoms with Crippen LogP contribution < -0.4 is 10.6 Å². The van der Waals surface area contributed by atoms with Crippen molar-refractivity contribution < 1.29 is 4.42 Å². The SMILES string of the molecule is CCNC(=NCc1ncc(C(C)(C)C)o1)NCC(C1CCCCC1)N(C)C.I. The lowest BCUT2D eigenvalue weighted by atomic mass is 9.83. The number of guanidine groups is 1. The molecule has 162 valence electrons. The number of aromatic nitrogens is 1. The number of likely N-dealkylation sites (N-methyl/N-ethyl adjacent to an activating group) is 1. The third-order valence-electron chi connectivity index (χ3n) is 5.35. The Kier molecular flexibility index (Phi) is 10.8. The molecule has 0 bridgehead atoms. The van der Waals surface area contributed by atoms with Gasteiger partial charge in [-0.25, -0.2) is 9.98 Å². The van der Waals surface area contributed by atoms with Crippen LogP contribution in [-0.2, 0) is 12.0 Å². The molecule has 1 atom stereocenters. The largest absolute Gasteiger partial charge is 0.443 e. The van der Waals surface area contributed by atoms with Crippen LogP contribution in [-0.4, -0.2) is 49.1 Å². The zero-order valence-corrected chi connectivity index (χ0v) is 20.9. The average Bonchev–Trinajstić information content (AvgIpc) is 3.10. The van der Waals surface area contributed by atoms with Crippen LogP contribution in [0, 0.1) is 5.92 Å². The number of aliphatic imine (C=N–C) groups is 1. The summed E-state index contributed by atoms with van der Waals surface area (Å²) in [4.78, 5) is 11.4. The van der Waals surface area contributed by atoms with Gasteiger partial charge in [0.2, 0.25) is 5.89 Å². The molecule has 6 nitrogen and oxygen atoms in total. The highest BCUT2D eigenvalue weighted by Crippen LogP contribution is 2.28.